The first-order valence-corrected chi connectivity index (χ1v) is 6.32. The van der Waals surface area contributed by atoms with Crippen LogP contribution in [-0.2, 0) is 0 Å². The Bertz CT molecular complexity index is 429. The Morgan fingerprint density at radius 2 is 1.85 bits per heavy atom. The molecule has 0 aliphatic rings. The highest BCUT2D eigenvalue weighted by molar-refractivity contribution is 5.97. The molecule has 112 valence electrons. The Kier molecular flexibility index (Phi) is 6.01. The molecular formula is C14H18F3NO2. The molecule has 0 fully saturated rings. The van der Waals surface area contributed by atoms with Gasteiger partial charge in [-0.2, -0.15) is 13.2 Å². The van der Waals surface area contributed by atoms with Gasteiger partial charge in [-0.1, -0.05) is 6.92 Å². The van der Waals surface area contributed by atoms with Crippen LogP contribution >= 0.6 is 0 Å². The van der Waals surface area contributed by atoms with Crippen molar-refractivity contribution in [2.75, 3.05) is 26.7 Å². The largest absolute Gasteiger partial charge is 0.497 e. The molecule has 0 radical (unpaired) electrons. The van der Waals surface area contributed by atoms with Crippen LogP contribution in [0.4, 0.5) is 13.2 Å². The van der Waals surface area contributed by atoms with E-state index in [-0.39, 0.29) is 18.9 Å². The summed E-state index contributed by atoms with van der Waals surface area (Å²) in [5.74, 6) is 0.271. The molecule has 0 aliphatic carbocycles. The van der Waals surface area contributed by atoms with Gasteiger partial charge in [0, 0.05) is 5.56 Å². The predicted molar refractivity (Wildman–Crippen MR) is 70.1 cm³/mol. The Morgan fingerprint density at radius 1 is 1.25 bits per heavy atom. The number of halogens is 3. The number of alkyl halides is 3. The zero-order chi connectivity index (χ0) is 15.2. The predicted octanol–water partition coefficient (Wildman–Crippen LogP) is 3.15. The first-order valence-electron chi connectivity index (χ1n) is 6.32. The number of ether oxygens (including phenoxy) is 1. The molecule has 0 saturated heterocycles. The maximum atomic E-state index is 12.4. The van der Waals surface area contributed by atoms with Crippen LogP contribution in [0.25, 0.3) is 0 Å². The van der Waals surface area contributed by atoms with Gasteiger partial charge in [-0.25, -0.2) is 0 Å². The topological polar surface area (TPSA) is 29.5 Å². The molecule has 1 aromatic rings. The maximum absolute atomic E-state index is 12.4. The van der Waals surface area contributed by atoms with Gasteiger partial charge in [0.05, 0.1) is 20.2 Å². The van der Waals surface area contributed by atoms with Gasteiger partial charge in [0.15, 0.2) is 5.78 Å². The molecule has 0 heterocycles. The van der Waals surface area contributed by atoms with E-state index in [1.807, 2.05) is 0 Å². The van der Waals surface area contributed by atoms with Gasteiger partial charge in [-0.3, -0.25) is 9.69 Å². The van der Waals surface area contributed by atoms with Gasteiger partial charge in [-0.15, -0.1) is 0 Å². The van der Waals surface area contributed by atoms with Crippen LogP contribution in [0.5, 0.6) is 5.75 Å². The second-order valence-corrected chi connectivity index (χ2v) is 4.48. The molecule has 0 unspecified atom stereocenters. The van der Waals surface area contributed by atoms with E-state index in [2.05, 4.69) is 0 Å². The van der Waals surface area contributed by atoms with Gasteiger partial charge < -0.3 is 4.74 Å². The van der Waals surface area contributed by atoms with Gasteiger partial charge in [-0.05, 0) is 37.2 Å². The second-order valence-electron chi connectivity index (χ2n) is 4.48. The van der Waals surface area contributed by atoms with E-state index < -0.39 is 12.7 Å². The lowest BCUT2D eigenvalue weighted by Gasteiger charge is -2.22. The SMILES string of the molecule is CCCN(CC(=O)c1ccc(OC)cc1)CC(F)(F)F. The lowest BCUT2D eigenvalue weighted by Crippen LogP contribution is -2.38. The number of carbonyl (C=O) groups is 1. The number of nitrogens with zero attached hydrogens (tertiary/aromatic N) is 1. The first-order chi connectivity index (χ1) is 9.35. The van der Waals surface area contributed by atoms with E-state index in [0.29, 0.717) is 17.7 Å². The summed E-state index contributed by atoms with van der Waals surface area (Å²) < 4.78 is 42.2. The van der Waals surface area contributed by atoms with Gasteiger partial charge in [0.1, 0.15) is 5.75 Å². The van der Waals surface area contributed by atoms with Crippen molar-refractivity contribution in [2.45, 2.75) is 19.5 Å². The second kappa shape index (κ2) is 7.28. The van der Waals surface area contributed by atoms with Crippen LogP contribution in [-0.4, -0.2) is 43.6 Å². The van der Waals surface area contributed by atoms with Crippen molar-refractivity contribution in [1.82, 2.24) is 4.90 Å². The van der Waals surface area contributed by atoms with Crippen molar-refractivity contribution in [3.05, 3.63) is 29.8 Å². The zero-order valence-electron chi connectivity index (χ0n) is 11.5. The van der Waals surface area contributed by atoms with Gasteiger partial charge in [0.25, 0.3) is 0 Å². The van der Waals surface area contributed by atoms with Crippen molar-refractivity contribution < 1.29 is 22.7 Å². The van der Waals surface area contributed by atoms with E-state index in [1.54, 1.807) is 31.2 Å². The lowest BCUT2D eigenvalue weighted by atomic mass is 10.1. The van der Waals surface area contributed by atoms with E-state index in [1.165, 1.54) is 7.11 Å². The summed E-state index contributed by atoms with van der Waals surface area (Å²) >= 11 is 0. The third-order valence-corrected chi connectivity index (χ3v) is 2.72. The van der Waals surface area contributed by atoms with Crippen LogP contribution in [0.3, 0.4) is 0 Å². The van der Waals surface area contributed by atoms with Crippen LogP contribution in [0.1, 0.15) is 23.7 Å². The monoisotopic (exact) mass is 289 g/mol. The molecule has 6 heteroatoms. The Labute approximate surface area is 116 Å². The van der Waals surface area contributed by atoms with E-state index >= 15 is 0 Å². The highest BCUT2D eigenvalue weighted by Crippen LogP contribution is 2.17. The third kappa shape index (κ3) is 5.61. The average molecular weight is 289 g/mol. The molecule has 0 amide bonds. The fourth-order valence-electron chi connectivity index (χ4n) is 1.86. The summed E-state index contributed by atoms with van der Waals surface area (Å²) in [6, 6.07) is 6.33. The van der Waals surface area contributed by atoms with Crippen molar-refractivity contribution in [1.29, 1.82) is 0 Å². The standard InChI is InChI=1S/C14H18F3NO2/c1-3-8-18(10-14(15,16)17)9-13(19)11-4-6-12(20-2)7-5-11/h4-7H,3,8-10H2,1-2H3. The molecule has 20 heavy (non-hydrogen) atoms. The highest BCUT2D eigenvalue weighted by Gasteiger charge is 2.31. The van der Waals surface area contributed by atoms with E-state index in [4.69, 9.17) is 4.74 Å². The van der Waals surface area contributed by atoms with Crippen molar-refractivity contribution in [3.8, 4) is 5.75 Å². The summed E-state index contributed by atoms with van der Waals surface area (Å²) in [4.78, 5) is 13.1. The minimum Gasteiger partial charge on any atom is -0.497 e. The van der Waals surface area contributed by atoms with Crippen LogP contribution in [0.2, 0.25) is 0 Å². The number of benzene rings is 1. The smallest absolute Gasteiger partial charge is 0.401 e. The number of carbonyl (C=O) groups excluding carboxylic acids is 1. The maximum Gasteiger partial charge on any atom is 0.401 e. The first kappa shape index (κ1) is 16.5. The molecule has 0 bridgehead atoms. The van der Waals surface area contributed by atoms with Gasteiger partial charge in [0.2, 0.25) is 0 Å². The molecule has 1 aromatic carbocycles. The van der Waals surface area contributed by atoms with Gasteiger partial charge >= 0.3 is 6.18 Å². The third-order valence-electron chi connectivity index (χ3n) is 2.72. The Balaban J connectivity index is 2.69. The molecule has 1 rings (SSSR count). The molecule has 0 atom stereocenters. The number of rotatable bonds is 7. The quantitative estimate of drug-likeness (QED) is 0.722. The lowest BCUT2D eigenvalue weighted by molar-refractivity contribution is -0.144. The fraction of sp³-hybridized carbons (Fsp3) is 0.500. The zero-order valence-corrected chi connectivity index (χ0v) is 11.5. The molecule has 0 saturated carbocycles. The summed E-state index contributed by atoms with van der Waals surface area (Å²) in [7, 11) is 1.50. The van der Waals surface area contributed by atoms with Crippen molar-refractivity contribution in [2.24, 2.45) is 0 Å². The van der Waals surface area contributed by atoms with Crippen LogP contribution in [0.15, 0.2) is 24.3 Å². The number of ketones is 1. The van der Waals surface area contributed by atoms with E-state index in [0.717, 1.165) is 4.90 Å². The van der Waals surface area contributed by atoms with Crippen LogP contribution < -0.4 is 4.74 Å². The van der Waals surface area contributed by atoms with Crippen molar-refractivity contribution in [3.63, 3.8) is 0 Å². The Morgan fingerprint density at radius 3 is 2.30 bits per heavy atom. The fourth-order valence-corrected chi connectivity index (χ4v) is 1.86. The molecule has 3 nitrogen and oxygen atoms in total. The highest BCUT2D eigenvalue weighted by atomic mass is 19.4. The normalized spacial score (nSPS) is 11.7. The summed E-state index contributed by atoms with van der Waals surface area (Å²) in [6.07, 6.45) is -3.73. The molecular weight excluding hydrogens is 271 g/mol. The number of hydrogen-bond acceptors (Lipinski definition) is 3. The minimum atomic E-state index is -4.30. The average Bonchev–Trinajstić information content (AvgIpc) is 2.37. The number of Topliss-reactive ketones (excluding diaryl/α,β-unsaturated/α-hetero) is 1. The molecule has 0 aromatic heterocycles. The summed E-state index contributed by atoms with van der Waals surface area (Å²) in [6.45, 7) is 0.713. The van der Waals surface area contributed by atoms with Crippen LogP contribution in [0, 0.1) is 0 Å². The summed E-state index contributed by atoms with van der Waals surface area (Å²) in [5, 5.41) is 0. The minimum absolute atomic E-state index is 0.236. The van der Waals surface area contributed by atoms with Crippen molar-refractivity contribution >= 4 is 5.78 Å². The molecule has 0 aliphatic heterocycles. The number of hydrogen-bond donors (Lipinski definition) is 0. The Hall–Kier alpha value is -1.56. The summed E-state index contributed by atoms with van der Waals surface area (Å²) in [5.41, 5.74) is 0.383. The molecule has 0 N–H and O–H groups in total. The van der Waals surface area contributed by atoms with E-state index in [9.17, 15) is 18.0 Å². The number of methoxy groups -OCH3 is 1. The molecule has 0 spiro atoms.